The van der Waals surface area contributed by atoms with Crippen LogP contribution in [0.2, 0.25) is 0 Å². The number of halogens is 1. The molecule has 8 heavy (non-hydrogen) atoms. The molecular formula is C4H9ClO2P+. The lowest BCUT2D eigenvalue weighted by Crippen LogP contribution is -1.85. The molecule has 0 saturated heterocycles. The van der Waals surface area contributed by atoms with Crippen LogP contribution >= 0.6 is 19.6 Å². The van der Waals surface area contributed by atoms with E-state index in [2.05, 4.69) is 0 Å². The van der Waals surface area contributed by atoms with Crippen molar-refractivity contribution in [2.75, 3.05) is 19.2 Å². The summed E-state index contributed by atoms with van der Waals surface area (Å²) in [4.78, 5) is 0. The molecule has 1 unspecified atom stereocenters. The lowest BCUT2D eigenvalue weighted by Gasteiger charge is -1.83. The first-order chi connectivity index (χ1) is 3.77. The van der Waals surface area contributed by atoms with Crippen LogP contribution in [0.25, 0.3) is 0 Å². The van der Waals surface area contributed by atoms with Gasteiger partial charge in [-0.25, -0.2) is 0 Å². The number of hydrogen-bond donors (Lipinski definition) is 0. The van der Waals surface area contributed by atoms with Gasteiger partial charge >= 0.3 is 8.03 Å². The molecule has 0 bridgehead atoms. The average molecular weight is 156 g/mol. The van der Waals surface area contributed by atoms with Crippen LogP contribution in [0.4, 0.5) is 0 Å². The van der Waals surface area contributed by atoms with Crippen LogP contribution in [0.3, 0.4) is 0 Å². The van der Waals surface area contributed by atoms with Crippen LogP contribution in [0.1, 0.15) is 6.42 Å². The van der Waals surface area contributed by atoms with Crippen molar-refractivity contribution < 1.29 is 9.09 Å². The Morgan fingerprint density at radius 2 is 2.38 bits per heavy atom. The molecule has 0 aromatic rings. The molecule has 2 nitrogen and oxygen atoms in total. The van der Waals surface area contributed by atoms with Crippen LogP contribution in [-0.4, -0.2) is 19.2 Å². The minimum atomic E-state index is -1.42. The van der Waals surface area contributed by atoms with E-state index in [1.807, 2.05) is 0 Å². The Balaban J connectivity index is 2.82. The van der Waals surface area contributed by atoms with Crippen LogP contribution in [0.15, 0.2) is 0 Å². The summed E-state index contributed by atoms with van der Waals surface area (Å²) in [5.41, 5.74) is 0. The SMILES string of the molecule is C[P+](=O)OCCCCl. The van der Waals surface area contributed by atoms with E-state index in [0.29, 0.717) is 12.5 Å². The predicted octanol–water partition coefficient (Wildman–Crippen LogP) is 2.00. The molecule has 48 valence electrons. The third-order valence-electron chi connectivity index (χ3n) is 0.551. The zero-order valence-corrected chi connectivity index (χ0v) is 6.41. The van der Waals surface area contributed by atoms with Crippen molar-refractivity contribution in [1.29, 1.82) is 0 Å². The van der Waals surface area contributed by atoms with Gasteiger partial charge in [0.25, 0.3) is 0 Å². The summed E-state index contributed by atoms with van der Waals surface area (Å²) in [6.07, 6.45) is 0.774. The molecule has 0 saturated carbocycles. The van der Waals surface area contributed by atoms with Gasteiger partial charge in [-0.15, -0.1) is 16.1 Å². The van der Waals surface area contributed by atoms with Crippen molar-refractivity contribution in [2.24, 2.45) is 0 Å². The number of rotatable bonds is 4. The maximum absolute atomic E-state index is 10.2. The van der Waals surface area contributed by atoms with E-state index in [1.54, 1.807) is 0 Å². The smallest absolute Gasteiger partial charge is 0.146 e. The van der Waals surface area contributed by atoms with Crippen LogP contribution < -0.4 is 0 Å². The second-order valence-electron chi connectivity index (χ2n) is 1.32. The van der Waals surface area contributed by atoms with Crippen LogP contribution in [-0.2, 0) is 9.09 Å². The average Bonchev–Trinajstić information content (AvgIpc) is 1.66. The highest BCUT2D eigenvalue weighted by molar-refractivity contribution is 7.38. The van der Waals surface area contributed by atoms with E-state index < -0.39 is 8.03 Å². The summed E-state index contributed by atoms with van der Waals surface area (Å²) in [6.45, 7) is 2.04. The van der Waals surface area contributed by atoms with Gasteiger partial charge in [-0.05, 0) is 11.0 Å². The normalized spacial score (nSPS) is 11.5. The fourth-order valence-electron chi connectivity index (χ4n) is 0.248. The van der Waals surface area contributed by atoms with Crippen molar-refractivity contribution in [3.63, 3.8) is 0 Å². The summed E-state index contributed by atoms with van der Waals surface area (Å²) >= 11 is 5.31. The summed E-state index contributed by atoms with van der Waals surface area (Å²) in [6, 6.07) is 0. The zero-order chi connectivity index (χ0) is 6.41. The third kappa shape index (κ3) is 6.35. The Kier molecular flexibility index (Phi) is 5.73. The van der Waals surface area contributed by atoms with E-state index in [-0.39, 0.29) is 0 Å². The second-order valence-corrected chi connectivity index (χ2v) is 2.83. The fraction of sp³-hybridized carbons (Fsp3) is 1.00. The summed E-state index contributed by atoms with van der Waals surface area (Å²) in [7, 11) is -1.42. The first-order valence-electron chi connectivity index (χ1n) is 2.37. The largest absolute Gasteiger partial charge is 0.504 e. The molecule has 0 radical (unpaired) electrons. The second kappa shape index (κ2) is 5.49. The molecule has 1 atom stereocenters. The van der Waals surface area contributed by atoms with E-state index in [0.717, 1.165) is 6.42 Å². The number of alkyl halides is 1. The zero-order valence-electron chi connectivity index (χ0n) is 4.76. The summed E-state index contributed by atoms with van der Waals surface area (Å²) in [5.74, 6) is 0.573. The monoisotopic (exact) mass is 155 g/mol. The van der Waals surface area contributed by atoms with Gasteiger partial charge in [0.1, 0.15) is 6.61 Å². The van der Waals surface area contributed by atoms with Crippen molar-refractivity contribution >= 4 is 19.6 Å². The molecule has 0 aliphatic heterocycles. The van der Waals surface area contributed by atoms with Crippen molar-refractivity contribution in [1.82, 2.24) is 0 Å². The molecule has 4 heteroatoms. The highest BCUT2D eigenvalue weighted by atomic mass is 35.5. The Morgan fingerprint density at radius 1 is 1.75 bits per heavy atom. The molecule has 0 aliphatic carbocycles. The highest BCUT2D eigenvalue weighted by Crippen LogP contribution is 2.14. The van der Waals surface area contributed by atoms with Crippen molar-refractivity contribution in [2.45, 2.75) is 6.42 Å². The highest BCUT2D eigenvalue weighted by Gasteiger charge is 2.03. The summed E-state index contributed by atoms with van der Waals surface area (Å²) in [5, 5.41) is 0. The van der Waals surface area contributed by atoms with E-state index in [1.165, 1.54) is 6.66 Å². The molecule has 0 spiro atoms. The Bertz CT molecular complexity index is 76.4. The molecule has 0 amide bonds. The maximum atomic E-state index is 10.2. The van der Waals surface area contributed by atoms with Crippen molar-refractivity contribution in [3.8, 4) is 0 Å². The lowest BCUT2D eigenvalue weighted by molar-refractivity contribution is 0.333. The molecule has 0 heterocycles. The molecule has 0 aromatic carbocycles. The van der Waals surface area contributed by atoms with Crippen LogP contribution in [0.5, 0.6) is 0 Å². The maximum Gasteiger partial charge on any atom is 0.504 e. The van der Waals surface area contributed by atoms with E-state index in [4.69, 9.17) is 16.1 Å². The van der Waals surface area contributed by atoms with Gasteiger partial charge in [-0.1, -0.05) is 0 Å². The quantitative estimate of drug-likeness (QED) is 0.353. The predicted molar refractivity (Wildman–Crippen MR) is 34.8 cm³/mol. The van der Waals surface area contributed by atoms with Gasteiger partial charge in [-0.3, -0.25) is 0 Å². The lowest BCUT2D eigenvalue weighted by atomic mass is 10.5. The van der Waals surface area contributed by atoms with E-state index >= 15 is 0 Å². The van der Waals surface area contributed by atoms with Gasteiger partial charge in [0.15, 0.2) is 6.66 Å². The third-order valence-corrected chi connectivity index (χ3v) is 1.36. The minimum Gasteiger partial charge on any atom is -0.146 e. The van der Waals surface area contributed by atoms with Gasteiger partial charge in [0, 0.05) is 5.88 Å². The molecule has 0 fully saturated rings. The molecule has 0 aliphatic rings. The number of hydrogen-bond acceptors (Lipinski definition) is 2. The Hall–Kier alpha value is 0.350. The molecular weight excluding hydrogens is 146 g/mol. The van der Waals surface area contributed by atoms with Gasteiger partial charge < -0.3 is 0 Å². The topological polar surface area (TPSA) is 26.3 Å². The van der Waals surface area contributed by atoms with Crippen LogP contribution in [0, 0.1) is 0 Å². The minimum absolute atomic E-state index is 0.509. The Morgan fingerprint density at radius 3 is 2.75 bits per heavy atom. The molecule has 0 N–H and O–H groups in total. The molecule has 0 rings (SSSR count). The standard InChI is InChI=1S/C4H9ClO2P/c1-8(6)7-4-2-3-5/h2-4H2,1H3/q+1. The first kappa shape index (κ1) is 8.35. The van der Waals surface area contributed by atoms with Gasteiger partial charge in [0.05, 0.1) is 0 Å². The Labute approximate surface area is 55.0 Å². The molecule has 0 aromatic heterocycles. The van der Waals surface area contributed by atoms with Gasteiger partial charge in [0.2, 0.25) is 0 Å². The van der Waals surface area contributed by atoms with E-state index in [9.17, 15) is 4.57 Å². The summed E-state index contributed by atoms with van der Waals surface area (Å²) < 4.78 is 14.9. The van der Waals surface area contributed by atoms with Gasteiger partial charge in [-0.2, -0.15) is 0 Å². The van der Waals surface area contributed by atoms with Crippen molar-refractivity contribution in [3.05, 3.63) is 0 Å². The first-order valence-corrected chi connectivity index (χ1v) is 4.53. The fourth-order valence-corrected chi connectivity index (χ4v) is 0.743.